The van der Waals surface area contributed by atoms with Gasteiger partial charge in [0.25, 0.3) is 11.5 Å². The second-order valence-electron chi connectivity index (χ2n) is 11.0. The summed E-state index contributed by atoms with van der Waals surface area (Å²) in [4.78, 5) is 32.8. The van der Waals surface area contributed by atoms with E-state index in [2.05, 4.69) is 33.1 Å². The zero-order chi connectivity index (χ0) is 26.8. The maximum absolute atomic E-state index is 13.7. The number of aliphatic hydroxyl groups is 1. The summed E-state index contributed by atoms with van der Waals surface area (Å²) in [6, 6.07) is 7.50. The monoisotopic (exact) mass is 530 g/mol. The van der Waals surface area contributed by atoms with Crippen LogP contribution in [0.4, 0.5) is 16.5 Å². The molecule has 0 fully saturated rings. The Hall–Kier alpha value is -3.76. The number of aryl methyl sites for hydroxylation is 2. The number of aliphatic hydroxyl groups excluding tert-OH is 1. The molecule has 38 heavy (non-hydrogen) atoms. The number of hydrogen-bond donors (Lipinski definition) is 2. The molecule has 1 amide bonds. The minimum atomic E-state index is -0.298. The standard InChI is InChI=1S/C28H30N6O3S/c1-16-9-24(38-31-16)30-21-10-18(14-32(4)26(21)36)19-5-6-29-25(20(19)15-35)34-8-7-33-22(27(34)37)11-17-12-28(2,3)13-23(17)33/h5-6,9-11,14,30,35H,7-8,12-13,15H2,1-4H3. The largest absolute Gasteiger partial charge is 0.392 e. The highest BCUT2D eigenvalue weighted by Gasteiger charge is 2.37. The predicted molar refractivity (Wildman–Crippen MR) is 148 cm³/mol. The summed E-state index contributed by atoms with van der Waals surface area (Å²) in [5.74, 6) is 0.343. The van der Waals surface area contributed by atoms with Crippen LogP contribution in [0.25, 0.3) is 11.1 Å². The van der Waals surface area contributed by atoms with Crippen molar-refractivity contribution in [3.05, 3.63) is 75.2 Å². The van der Waals surface area contributed by atoms with E-state index in [0.29, 0.717) is 35.9 Å². The van der Waals surface area contributed by atoms with Gasteiger partial charge in [-0.1, -0.05) is 13.8 Å². The Morgan fingerprint density at radius 3 is 2.71 bits per heavy atom. The zero-order valence-electron chi connectivity index (χ0n) is 21.9. The van der Waals surface area contributed by atoms with Crippen molar-refractivity contribution < 1.29 is 9.90 Å². The van der Waals surface area contributed by atoms with Gasteiger partial charge in [0.1, 0.15) is 22.2 Å². The Bertz CT molecular complexity index is 1650. The van der Waals surface area contributed by atoms with E-state index in [1.807, 2.05) is 25.1 Å². The SMILES string of the molecule is Cc1cc(Nc2cc(-c3ccnc(N4CCn5c(cc6c5CC(C)(C)C6)C4=O)c3CO)cn(C)c2=O)sn1. The van der Waals surface area contributed by atoms with E-state index in [0.717, 1.165) is 34.7 Å². The van der Waals surface area contributed by atoms with Crippen LogP contribution in [0.15, 0.2) is 41.5 Å². The smallest absolute Gasteiger partial charge is 0.276 e. The van der Waals surface area contributed by atoms with Crippen LogP contribution in [0.2, 0.25) is 0 Å². The quantitative estimate of drug-likeness (QED) is 0.404. The maximum Gasteiger partial charge on any atom is 0.276 e. The highest BCUT2D eigenvalue weighted by Crippen LogP contribution is 2.40. The molecule has 0 radical (unpaired) electrons. The maximum atomic E-state index is 13.7. The van der Waals surface area contributed by atoms with Crippen LogP contribution in [0.1, 0.15) is 46.9 Å². The highest BCUT2D eigenvalue weighted by molar-refractivity contribution is 7.10. The van der Waals surface area contributed by atoms with Crippen molar-refractivity contribution in [1.82, 2.24) is 18.5 Å². The molecule has 10 heteroatoms. The van der Waals surface area contributed by atoms with Crippen LogP contribution in [-0.2, 0) is 33.0 Å². The first-order valence-corrected chi connectivity index (χ1v) is 13.5. The number of fused-ring (bicyclic) bond motifs is 3. The van der Waals surface area contributed by atoms with E-state index in [4.69, 9.17) is 0 Å². The van der Waals surface area contributed by atoms with E-state index in [-0.39, 0.29) is 23.5 Å². The van der Waals surface area contributed by atoms with Gasteiger partial charge in [0.05, 0.1) is 12.3 Å². The molecule has 0 saturated carbocycles. The number of aromatic nitrogens is 4. The molecule has 0 atom stereocenters. The second-order valence-corrected chi connectivity index (χ2v) is 11.8. The molecule has 196 valence electrons. The van der Waals surface area contributed by atoms with Crippen molar-refractivity contribution in [2.24, 2.45) is 12.5 Å². The van der Waals surface area contributed by atoms with Crippen LogP contribution in [0.3, 0.4) is 0 Å². The Balaban J connectivity index is 1.38. The lowest BCUT2D eigenvalue weighted by atomic mass is 9.90. The number of nitrogens with one attached hydrogen (secondary N) is 1. The number of hydrogen-bond acceptors (Lipinski definition) is 7. The summed E-state index contributed by atoms with van der Waals surface area (Å²) in [5, 5.41) is 14.4. The van der Waals surface area contributed by atoms with Crippen LogP contribution in [-0.4, -0.2) is 36.1 Å². The second kappa shape index (κ2) is 8.92. The van der Waals surface area contributed by atoms with Crippen LogP contribution >= 0.6 is 11.5 Å². The topological polar surface area (TPSA) is 105 Å². The molecule has 1 aliphatic heterocycles. The molecule has 5 heterocycles. The van der Waals surface area contributed by atoms with E-state index in [1.165, 1.54) is 27.4 Å². The van der Waals surface area contributed by atoms with Crippen LogP contribution < -0.4 is 15.8 Å². The van der Waals surface area contributed by atoms with Gasteiger partial charge in [0, 0.05) is 49.4 Å². The van der Waals surface area contributed by atoms with E-state index in [1.54, 1.807) is 30.4 Å². The van der Waals surface area contributed by atoms with Gasteiger partial charge in [-0.2, -0.15) is 4.37 Å². The van der Waals surface area contributed by atoms with E-state index >= 15 is 0 Å². The van der Waals surface area contributed by atoms with Crippen molar-refractivity contribution in [2.75, 3.05) is 16.8 Å². The Labute approximate surface area is 224 Å². The fraction of sp³-hybridized carbons (Fsp3) is 0.357. The number of anilines is 3. The van der Waals surface area contributed by atoms with Crippen molar-refractivity contribution in [2.45, 2.75) is 46.8 Å². The Morgan fingerprint density at radius 1 is 1.16 bits per heavy atom. The first-order valence-electron chi connectivity index (χ1n) is 12.7. The fourth-order valence-electron chi connectivity index (χ4n) is 5.76. The average molecular weight is 531 g/mol. The molecule has 4 aromatic heterocycles. The molecule has 2 N–H and O–H groups in total. The summed E-state index contributed by atoms with van der Waals surface area (Å²) in [6.45, 7) is 7.28. The lowest BCUT2D eigenvalue weighted by Crippen LogP contribution is -2.41. The molecule has 0 unspecified atom stereocenters. The van der Waals surface area contributed by atoms with Gasteiger partial charge in [-0.25, -0.2) is 4.98 Å². The lowest BCUT2D eigenvalue weighted by Gasteiger charge is -2.31. The van der Waals surface area contributed by atoms with Gasteiger partial charge in [-0.05, 0) is 72.1 Å². The third-order valence-corrected chi connectivity index (χ3v) is 8.25. The molecule has 1 aliphatic carbocycles. The molecule has 4 aromatic rings. The van der Waals surface area contributed by atoms with Crippen molar-refractivity contribution in [3.8, 4) is 11.1 Å². The summed E-state index contributed by atoms with van der Waals surface area (Å²) < 4.78 is 7.95. The van der Waals surface area contributed by atoms with Gasteiger partial charge in [-0.3, -0.25) is 14.5 Å². The van der Waals surface area contributed by atoms with Crippen molar-refractivity contribution in [3.63, 3.8) is 0 Å². The molecule has 6 rings (SSSR count). The van der Waals surface area contributed by atoms with Gasteiger partial charge in [0.15, 0.2) is 0 Å². The van der Waals surface area contributed by atoms with Crippen LogP contribution in [0.5, 0.6) is 0 Å². The Morgan fingerprint density at radius 2 is 1.97 bits per heavy atom. The Kier molecular flexibility index (Phi) is 5.77. The van der Waals surface area contributed by atoms with Gasteiger partial charge in [-0.15, -0.1) is 0 Å². The molecular formula is C28H30N6O3S. The van der Waals surface area contributed by atoms with E-state index < -0.39 is 0 Å². The normalized spacial score (nSPS) is 16.0. The molecule has 0 saturated heterocycles. The fourth-order valence-corrected chi connectivity index (χ4v) is 6.43. The lowest BCUT2D eigenvalue weighted by molar-refractivity contribution is 0.0962. The summed E-state index contributed by atoms with van der Waals surface area (Å²) in [6.07, 6.45) is 5.32. The first kappa shape index (κ1) is 24.6. The summed E-state index contributed by atoms with van der Waals surface area (Å²) in [7, 11) is 1.69. The number of pyridine rings is 2. The molecule has 0 spiro atoms. The predicted octanol–water partition coefficient (Wildman–Crippen LogP) is 4.03. The van der Waals surface area contributed by atoms with Crippen molar-refractivity contribution >= 4 is 33.9 Å². The van der Waals surface area contributed by atoms with Crippen LogP contribution in [0, 0.1) is 12.3 Å². The van der Waals surface area contributed by atoms with Gasteiger partial charge >= 0.3 is 0 Å². The first-order chi connectivity index (χ1) is 18.1. The van der Waals surface area contributed by atoms with Gasteiger partial charge < -0.3 is 19.6 Å². The minimum Gasteiger partial charge on any atom is -0.392 e. The summed E-state index contributed by atoms with van der Waals surface area (Å²) in [5.41, 5.74) is 6.52. The number of carbonyl (C=O) groups is 1. The van der Waals surface area contributed by atoms with E-state index in [9.17, 15) is 14.7 Å². The molecule has 0 bridgehead atoms. The number of amides is 1. The zero-order valence-corrected chi connectivity index (χ0v) is 22.7. The van der Waals surface area contributed by atoms with Crippen molar-refractivity contribution in [1.29, 1.82) is 0 Å². The summed E-state index contributed by atoms with van der Waals surface area (Å²) >= 11 is 1.29. The molecule has 2 aliphatic rings. The number of carbonyl (C=O) groups excluding carboxylic acids is 1. The molecular weight excluding hydrogens is 500 g/mol. The minimum absolute atomic E-state index is 0.105. The van der Waals surface area contributed by atoms with Gasteiger partial charge in [0.2, 0.25) is 0 Å². The third kappa shape index (κ3) is 4.04. The highest BCUT2D eigenvalue weighted by atomic mass is 32.1. The number of nitrogens with zero attached hydrogens (tertiary/aromatic N) is 5. The molecule has 0 aromatic carbocycles. The third-order valence-electron chi connectivity index (χ3n) is 7.45. The molecule has 9 nitrogen and oxygen atoms in total. The average Bonchev–Trinajstić information content (AvgIpc) is 3.53. The number of rotatable bonds is 5.